The Balaban J connectivity index is 2.19. The van der Waals surface area contributed by atoms with Crippen LogP contribution in [0.4, 0.5) is 11.4 Å². The highest BCUT2D eigenvalue weighted by molar-refractivity contribution is 6.07. The Labute approximate surface area is 92.3 Å². The van der Waals surface area contributed by atoms with E-state index in [4.69, 9.17) is 5.73 Å². The molecule has 5 heteroatoms. The number of pyridine rings is 2. The molecule has 1 amide bonds. The number of aromatic nitrogens is 2. The monoisotopic (exact) mass is 214 g/mol. The van der Waals surface area contributed by atoms with Crippen molar-refractivity contribution in [3.05, 3.63) is 48.5 Å². The number of nitrogen functional groups attached to an aromatic ring is 1. The largest absolute Gasteiger partial charge is 0.398 e. The van der Waals surface area contributed by atoms with Gasteiger partial charge in [-0.15, -0.1) is 0 Å². The van der Waals surface area contributed by atoms with Gasteiger partial charge in [-0.1, -0.05) is 0 Å². The van der Waals surface area contributed by atoms with Crippen LogP contribution < -0.4 is 11.1 Å². The molecule has 0 unspecified atom stereocenters. The average molecular weight is 214 g/mol. The van der Waals surface area contributed by atoms with Gasteiger partial charge in [0, 0.05) is 24.3 Å². The summed E-state index contributed by atoms with van der Waals surface area (Å²) in [6.45, 7) is 0. The number of nitrogens with two attached hydrogens (primary N) is 1. The second-order valence-corrected chi connectivity index (χ2v) is 3.16. The molecule has 16 heavy (non-hydrogen) atoms. The normalized spacial score (nSPS) is 9.75. The lowest BCUT2D eigenvalue weighted by Crippen LogP contribution is -2.14. The van der Waals surface area contributed by atoms with Crippen LogP contribution in [0.5, 0.6) is 0 Å². The van der Waals surface area contributed by atoms with E-state index in [1.54, 1.807) is 30.6 Å². The zero-order chi connectivity index (χ0) is 11.4. The first-order valence-electron chi connectivity index (χ1n) is 4.68. The molecule has 0 spiro atoms. The molecule has 2 rings (SSSR count). The predicted molar refractivity (Wildman–Crippen MR) is 60.8 cm³/mol. The summed E-state index contributed by atoms with van der Waals surface area (Å²) in [6, 6.07) is 5.07. The number of rotatable bonds is 2. The molecular formula is C11H10N4O. The standard InChI is InChI=1S/C11H10N4O/c12-10-3-5-14-7-9(10)11(16)15-8-2-1-4-13-6-8/h1-7H,(H2,12,14)(H,15,16). The van der Waals surface area contributed by atoms with E-state index in [-0.39, 0.29) is 5.91 Å². The third kappa shape index (κ3) is 2.14. The number of carbonyl (C=O) groups is 1. The van der Waals surface area contributed by atoms with Gasteiger partial charge in [0.1, 0.15) is 0 Å². The zero-order valence-electron chi connectivity index (χ0n) is 8.42. The van der Waals surface area contributed by atoms with Gasteiger partial charge in [-0.25, -0.2) is 0 Å². The summed E-state index contributed by atoms with van der Waals surface area (Å²) >= 11 is 0. The molecular weight excluding hydrogens is 204 g/mol. The predicted octanol–water partition coefficient (Wildman–Crippen LogP) is 1.31. The quantitative estimate of drug-likeness (QED) is 0.789. The molecule has 3 N–H and O–H groups in total. The van der Waals surface area contributed by atoms with Crippen molar-refractivity contribution in [1.29, 1.82) is 0 Å². The van der Waals surface area contributed by atoms with Crippen molar-refractivity contribution in [2.75, 3.05) is 11.1 Å². The van der Waals surface area contributed by atoms with Gasteiger partial charge in [0.25, 0.3) is 5.91 Å². The molecule has 2 aromatic heterocycles. The summed E-state index contributed by atoms with van der Waals surface area (Å²) in [4.78, 5) is 19.5. The van der Waals surface area contributed by atoms with Crippen molar-refractivity contribution in [2.24, 2.45) is 0 Å². The summed E-state index contributed by atoms with van der Waals surface area (Å²) in [5.74, 6) is -0.293. The highest BCUT2D eigenvalue weighted by Crippen LogP contribution is 2.11. The molecule has 0 saturated carbocycles. The van der Waals surface area contributed by atoms with Crippen molar-refractivity contribution in [3.63, 3.8) is 0 Å². The summed E-state index contributed by atoms with van der Waals surface area (Å²) in [7, 11) is 0. The first kappa shape index (κ1) is 10.1. The van der Waals surface area contributed by atoms with E-state index in [2.05, 4.69) is 15.3 Å². The second kappa shape index (κ2) is 4.39. The fourth-order valence-electron chi connectivity index (χ4n) is 1.23. The van der Waals surface area contributed by atoms with Crippen molar-refractivity contribution in [1.82, 2.24) is 9.97 Å². The van der Waals surface area contributed by atoms with E-state index in [9.17, 15) is 4.79 Å². The van der Waals surface area contributed by atoms with Gasteiger partial charge in [0.15, 0.2) is 0 Å². The van der Waals surface area contributed by atoms with Crippen LogP contribution in [-0.2, 0) is 0 Å². The Morgan fingerprint density at radius 2 is 2.00 bits per heavy atom. The summed E-state index contributed by atoms with van der Waals surface area (Å²) in [5.41, 5.74) is 7.03. The van der Waals surface area contributed by atoms with Gasteiger partial charge in [-0.05, 0) is 18.2 Å². The lowest BCUT2D eigenvalue weighted by atomic mass is 10.2. The maximum absolute atomic E-state index is 11.8. The highest BCUT2D eigenvalue weighted by atomic mass is 16.1. The van der Waals surface area contributed by atoms with Crippen molar-refractivity contribution in [3.8, 4) is 0 Å². The zero-order valence-corrected chi connectivity index (χ0v) is 8.42. The molecule has 0 aliphatic rings. The first-order valence-corrected chi connectivity index (χ1v) is 4.68. The molecule has 0 aromatic carbocycles. The van der Waals surface area contributed by atoms with E-state index in [0.29, 0.717) is 16.9 Å². The maximum Gasteiger partial charge on any atom is 0.259 e. The number of nitrogens with zero attached hydrogens (tertiary/aromatic N) is 2. The van der Waals surface area contributed by atoms with Crippen LogP contribution in [0.15, 0.2) is 43.0 Å². The number of anilines is 2. The van der Waals surface area contributed by atoms with E-state index in [1.807, 2.05) is 0 Å². The SMILES string of the molecule is Nc1ccncc1C(=O)Nc1cccnc1. The highest BCUT2D eigenvalue weighted by Gasteiger charge is 2.09. The Hall–Kier alpha value is -2.43. The van der Waals surface area contributed by atoms with Gasteiger partial charge >= 0.3 is 0 Å². The number of carbonyl (C=O) groups excluding carboxylic acids is 1. The minimum atomic E-state index is -0.293. The van der Waals surface area contributed by atoms with Crippen LogP contribution in [0.3, 0.4) is 0 Å². The van der Waals surface area contributed by atoms with Crippen molar-refractivity contribution < 1.29 is 4.79 Å². The summed E-state index contributed by atoms with van der Waals surface area (Å²) in [6.07, 6.45) is 6.16. The van der Waals surface area contributed by atoms with Gasteiger partial charge in [0.2, 0.25) is 0 Å². The molecule has 0 aliphatic heterocycles. The van der Waals surface area contributed by atoms with Crippen LogP contribution in [0.1, 0.15) is 10.4 Å². The molecule has 2 aromatic rings. The molecule has 0 aliphatic carbocycles. The van der Waals surface area contributed by atoms with Crippen LogP contribution in [0.2, 0.25) is 0 Å². The maximum atomic E-state index is 11.8. The molecule has 0 saturated heterocycles. The van der Waals surface area contributed by atoms with Crippen LogP contribution in [0, 0.1) is 0 Å². The third-order valence-electron chi connectivity index (χ3n) is 2.02. The minimum Gasteiger partial charge on any atom is -0.398 e. The Bertz CT molecular complexity index is 498. The second-order valence-electron chi connectivity index (χ2n) is 3.16. The fourth-order valence-corrected chi connectivity index (χ4v) is 1.23. The van der Waals surface area contributed by atoms with Crippen LogP contribution in [0.25, 0.3) is 0 Å². The van der Waals surface area contributed by atoms with E-state index in [1.165, 1.54) is 12.4 Å². The van der Waals surface area contributed by atoms with E-state index in [0.717, 1.165) is 0 Å². The van der Waals surface area contributed by atoms with Crippen molar-refractivity contribution in [2.45, 2.75) is 0 Å². The molecule has 0 radical (unpaired) electrons. The lowest BCUT2D eigenvalue weighted by Gasteiger charge is -2.05. The van der Waals surface area contributed by atoms with Gasteiger partial charge in [-0.3, -0.25) is 14.8 Å². The summed E-state index contributed by atoms with van der Waals surface area (Å²) < 4.78 is 0. The van der Waals surface area contributed by atoms with Crippen LogP contribution in [-0.4, -0.2) is 15.9 Å². The van der Waals surface area contributed by atoms with E-state index < -0.39 is 0 Å². The smallest absolute Gasteiger partial charge is 0.259 e. The first-order chi connectivity index (χ1) is 7.77. The molecule has 2 heterocycles. The number of amides is 1. The van der Waals surface area contributed by atoms with Gasteiger partial charge < -0.3 is 11.1 Å². The molecule has 0 bridgehead atoms. The molecule has 0 fully saturated rings. The lowest BCUT2D eigenvalue weighted by molar-refractivity contribution is 0.102. The number of nitrogens with one attached hydrogen (secondary N) is 1. The van der Waals surface area contributed by atoms with Crippen molar-refractivity contribution >= 4 is 17.3 Å². The molecule has 0 atom stereocenters. The van der Waals surface area contributed by atoms with Gasteiger partial charge in [0.05, 0.1) is 17.4 Å². The number of hydrogen-bond acceptors (Lipinski definition) is 4. The third-order valence-corrected chi connectivity index (χ3v) is 2.02. The fraction of sp³-hybridized carbons (Fsp3) is 0. The Morgan fingerprint density at radius 1 is 1.19 bits per heavy atom. The number of hydrogen-bond donors (Lipinski definition) is 2. The summed E-state index contributed by atoms with van der Waals surface area (Å²) in [5, 5.41) is 2.68. The van der Waals surface area contributed by atoms with Crippen LogP contribution >= 0.6 is 0 Å². The topological polar surface area (TPSA) is 80.9 Å². The average Bonchev–Trinajstić information content (AvgIpc) is 2.31. The van der Waals surface area contributed by atoms with E-state index >= 15 is 0 Å². The Morgan fingerprint density at radius 3 is 2.69 bits per heavy atom. The minimum absolute atomic E-state index is 0.293. The molecule has 80 valence electrons. The molecule has 5 nitrogen and oxygen atoms in total. The Kier molecular flexibility index (Phi) is 2.77. The van der Waals surface area contributed by atoms with Gasteiger partial charge in [-0.2, -0.15) is 0 Å².